The van der Waals surface area contributed by atoms with E-state index in [0.717, 1.165) is 6.07 Å². The summed E-state index contributed by atoms with van der Waals surface area (Å²) in [6.45, 7) is 5.84. The lowest BCUT2D eigenvalue weighted by molar-refractivity contribution is 0.525. The lowest BCUT2D eigenvalue weighted by Crippen LogP contribution is -2.14. The van der Waals surface area contributed by atoms with Crippen LogP contribution < -0.4 is 5.43 Å². The molecule has 0 amide bonds. The van der Waals surface area contributed by atoms with Gasteiger partial charge in [0.05, 0.1) is 11.3 Å². The summed E-state index contributed by atoms with van der Waals surface area (Å²) in [7, 11) is 0. The molecule has 5 heteroatoms. The highest BCUT2D eigenvalue weighted by Gasteiger charge is 2.18. The number of rotatable bonds is 1. The fourth-order valence-electron chi connectivity index (χ4n) is 2.42. The summed E-state index contributed by atoms with van der Waals surface area (Å²) >= 11 is 0. The predicted octanol–water partition coefficient (Wildman–Crippen LogP) is 4.17. The summed E-state index contributed by atoms with van der Waals surface area (Å²) in [5, 5.41) is 0.230. The van der Waals surface area contributed by atoms with Crippen LogP contribution in [0, 0.1) is 11.8 Å². The smallest absolute Gasteiger partial charge is 0.222 e. The van der Waals surface area contributed by atoms with Gasteiger partial charge in [-0.2, -0.15) is 4.39 Å². The normalized spacial score (nSPS) is 11.9. The molecular formula is C18H16F2N2O. The van der Waals surface area contributed by atoms with Crippen LogP contribution in [0.2, 0.25) is 0 Å². The number of halogens is 2. The van der Waals surface area contributed by atoms with E-state index in [1.165, 1.54) is 18.2 Å². The van der Waals surface area contributed by atoms with Crippen molar-refractivity contribution in [3.05, 3.63) is 64.1 Å². The maximum Gasteiger partial charge on any atom is 0.222 e. The summed E-state index contributed by atoms with van der Waals surface area (Å²) < 4.78 is 27.6. The molecule has 0 saturated carbocycles. The molecule has 0 fully saturated rings. The van der Waals surface area contributed by atoms with Crippen LogP contribution in [0.4, 0.5) is 8.78 Å². The number of benzene rings is 1. The van der Waals surface area contributed by atoms with Gasteiger partial charge in [-0.05, 0) is 30.3 Å². The molecule has 0 unspecified atom stereocenters. The predicted molar refractivity (Wildman–Crippen MR) is 86.4 cm³/mol. The molecule has 118 valence electrons. The molecule has 2 heterocycles. The van der Waals surface area contributed by atoms with Gasteiger partial charge in [-0.3, -0.25) is 4.79 Å². The third-order valence-electron chi connectivity index (χ3n) is 3.70. The summed E-state index contributed by atoms with van der Waals surface area (Å²) in [4.78, 5) is 19.1. The minimum Gasteiger partial charge on any atom is -0.354 e. The first-order valence-electron chi connectivity index (χ1n) is 7.26. The van der Waals surface area contributed by atoms with Gasteiger partial charge in [-0.25, -0.2) is 9.37 Å². The van der Waals surface area contributed by atoms with Gasteiger partial charge in [0.15, 0.2) is 5.43 Å². The van der Waals surface area contributed by atoms with E-state index in [2.05, 4.69) is 9.97 Å². The molecular weight excluding hydrogens is 298 g/mol. The molecule has 0 aliphatic heterocycles. The number of fused-ring (bicyclic) bond motifs is 1. The van der Waals surface area contributed by atoms with E-state index in [0.29, 0.717) is 16.9 Å². The fraction of sp³-hybridized carbons (Fsp3) is 0.222. The number of hydrogen-bond donors (Lipinski definition) is 1. The number of nitrogens with zero attached hydrogens (tertiary/aromatic N) is 1. The standard InChI is InChI=1S/C18H16F2N2O/c1-18(2,3)16-7-5-11(17(20)22-16)14-9-15(23)12-8-10(19)4-6-13(12)21-14/h4-9H,1-3H3,(H,21,23). The summed E-state index contributed by atoms with van der Waals surface area (Å²) in [6.07, 6.45) is 0. The third kappa shape index (κ3) is 2.86. The summed E-state index contributed by atoms with van der Waals surface area (Å²) in [6, 6.07) is 8.48. The minimum atomic E-state index is -0.644. The first-order valence-corrected chi connectivity index (χ1v) is 7.26. The maximum absolute atomic E-state index is 14.4. The third-order valence-corrected chi connectivity index (χ3v) is 3.70. The van der Waals surface area contributed by atoms with Crippen molar-refractivity contribution in [2.24, 2.45) is 0 Å². The lowest BCUT2D eigenvalue weighted by Gasteiger charge is -2.18. The Hall–Kier alpha value is -2.56. The molecule has 0 aliphatic rings. The van der Waals surface area contributed by atoms with E-state index in [9.17, 15) is 13.6 Å². The lowest BCUT2D eigenvalue weighted by atomic mass is 9.91. The van der Waals surface area contributed by atoms with Crippen LogP contribution in [0.1, 0.15) is 26.5 Å². The molecule has 3 nitrogen and oxygen atoms in total. The zero-order valence-electron chi connectivity index (χ0n) is 13.1. The van der Waals surface area contributed by atoms with Crippen LogP contribution in [-0.4, -0.2) is 9.97 Å². The maximum atomic E-state index is 14.4. The largest absolute Gasteiger partial charge is 0.354 e. The molecule has 0 spiro atoms. The molecule has 1 aromatic carbocycles. The number of hydrogen-bond acceptors (Lipinski definition) is 2. The molecule has 1 N–H and O–H groups in total. The van der Waals surface area contributed by atoms with E-state index >= 15 is 0 Å². The van der Waals surface area contributed by atoms with Gasteiger partial charge in [0.1, 0.15) is 5.82 Å². The molecule has 0 aliphatic carbocycles. The Morgan fingerprint density at radius 3 is 2.43 bits per heavy atom. The van der Waals surface area contributed by atoms with Crippen molar-refractivity contribution in [1.29, 1.82) is 0 Å². The van der Waals surface area contributed by atoms with Crippen LogP contribution in [0.25, 0.3) is 22.2 Å². The molecule has 0 bridgehead atoms. The van der Waals surface area contributed by atoms with Gasteiger partial charge >= 0.3 is 0 Å². The van der Waals surface area contributed by atoms with Crippen molar-refractivity contribution in [3.63, 3.8) is 0 Å². The number of nitrogens with one attached hydrogen (secondary N) is 1. The fourth-order valence-corrected chi connectivity index (χ4v) is 2.42. The van der Waals surface area contributed by atoms with Crippen LogP contribution in [0.15, 0.2) is 41.2 Å². The van der Waals surface area contributed by atoms with Gasteiger partial charge in [0.25, 0.3) is 0 Å². The Kier molecular flexibility index (Phi) is 3.51. The van der Waals surface area contributed by atoms with Crippen LogP contribution >= 0.6 is 0 Å². The number of aromatic nitrogens is 2. The minimum absolute atomic E-state index is 0.210. The second-order valence-corrected chi connectivity index (χ2v) is 6.52. The number of aromatic amines is 1. The van der Waals surface area contributed by atoms with E-state index in [4.69, 9.17) is 0 Å². The van der Waals surface area contributed by atoms with E-state index in [-0.39, 0.29) is 21.8 Å². The van der Waals surface area contributed by atoms with E-state index in [1.807, 2.05) is 20.8 Å². The highest BCUT2D eigenvalue weighted by atomic mass is 19.1. The van der Waals surface area contributed by atoms with Crippen molar-refractivity contribution < 1.29 is 8.78 Å². The van der Waals surface area contributed by atoms with Gasteiger partial charge < -0.3 is 4.98 Å². The summed E-state index contributed by atoms with van der Waals surface area (Å²) in [5.41, 5.74) is 0.971. The summed E-state index contributed by atoms with van der Waals surface area (Å²) in [5.74, 6) is -1.13. The molecule has 23 heavy (non-hydrogen) atoms. The number of pyridine rings is 2. The Labute approximate surface area is 132 Å². The zero-order chi connectivity index (χ0) is 16.8. The van der Waals surface area contributed by atoms with E-state index in [1.54, 1.807) is 12.1 Å². The average molecular weight is 314 g/mol. The molecule has 0 radical (unpaired) electrons. The Morgan fingerprint density at radius 2 is 1.78 bits per heavy atom. The Morgan fingerprint density at radius 1 is 1.04 bits per heavy atom. The van der Waals surface area contributed by atoms with Crippen LogP contribution in [-0.2, 0) is 5.41 Å². The molecule has 3 rings (SSSR count). The molecule has 2 aromatic heterocycles. The Bertz CT molecular complexity index is 955. The van der Waals surface area contributed by atoms with Crippen molar-refractivity contribution in [2.45, 2.75) is 26.2 Å². The average Bonchev–Trinajstić information content (AvgIpc) is 2.47. The van der Waals surface area contributed by atoms with Crippen molar-refractivity contribution in [1.82, 2.24) is 9.97 Å². The Balaban J connectivity index is 2.18. The SMILES string of the molecule is CC(C)(C)c1ccc(-c2cc(=O)c3cc(F)ccc3[nH]2)c(F)n1. The first-order chi connectivity index (χ1) is 10.8. The van der Waals surface area contributed by atoms with Gasteiger partial charge in [-0.1, -0.05) is 20.8 Å². The second kappa shape index (κ2) is 5.26. The zero-order valence-corrected chi connectivity index (χ0v) is 13.1. The first kappa shape index (κ1) is 15.3. The topological polar surface area (TPSA) is 45.8 Å². The quantitative estimate of drug-likeness (QED) is 0.685. The van der Waals surface area contributed by atoms with Gasteiger partial charge in [0, 0.05) is 28.1 Å². The second-order valence-electron chi connectivity index (χ2n) is 6.52. The van der Waals surface area contributed by atoms with Crippen LogP contribution in [0.3, 0.4) is 0 Å². The molecule has 0 saturated heterocycles. The van der Waals surface area contributed by atoms with E-state index < -0.39 is 11.8 Å². The number of H-pyrrole nitrogens is 1. The van der Waals surface area contributed by atoms with Gasteiger partial charge in [-0.15, -0.1) is 0 Å². The van der Waals surface area contributed by atoms with Crippen LogP contribution in [0.5, 0.6) is 0 Å². The monoisotopic (exact) mass is 314 g/mol. The van der Waals surface area contributed by atoms with Crippen molar-refractivity contribution in [3.8, 4) is 11.3 Å². The van der Waals surface area contributed by atoms with Crippen molar-refractivity contribution in [2.75, 3.05) is 0 Å². The highest BCUT2D eigenvalue weighted by Crippen LogP contribution is 2.25. The highest BCUT2D eigenvalue weighted by molar-refractivity contribution is 5.81. The molecule has 0 atom stereocenters. The van der Waals surface area contributed by atoms with Gasteiger partial charge in [0.2, 0.25) is 5.95 Å². The van der Waals surface area contributed by atoms with Crippen molar-refractivity contribution >= 4 is 10.9 Å². The molecule has 3 aromatic rings.